The number of nitrogens with zero attached hydrogens (tertiary/aromatic N) is 4. The fourth-order valence-electron chi connectivity index (χ4n) is 12.2. The lowest BCUT2D eigenvalue weighted by molar-refractivity contribution is -0.138. The van der Waals surface area contributed by atoms with Crippen LogP contribution in [0.5, 0.6) is 0 Å². The predicted octanol–water partition coefficient (Wildman–Crippen LogP) is 23.6. The Morgan fingerprint density at radius 2 is 0.667 bits per heavy atom. The summed E-state index contributed by atoms with van der Waals surface area (Å²) in [6.07, 6.45) is -24.0. The van der Waals surface area contributed by atoms with Crippen molar-refractivity contribution >= 4 is 55.0 Å². The second-order valence-corrected chi connectivity index (χ2v) is 22.0. The number of halogens is 15. The Kier molecular flexibility index (Phi) is 14.2. The van der Waals surface area contributed by atoms with Gasteiger partial charge < -0.3 is 9.13 Å². The molecular weight excluding hydrogens is 1190 g/mol. The van der Waals surface area contributed by atoms with Gasteiger partial charge in [0.15, 0.2) is 11.4 Å². The summed E-state index contributed by atoms with van der Waals surface area (Å²) in [5.74, 6) is 0. The monoisotopic (exact) mass is 1230 g/mol. The van der Waals surface area contributed by atoms with Crippen molar-refractivity contribution in [2.75, 3.05) is 0 Å². The number of aryl methyl sites for hydroxylation is 4. The van der Waals surface area contributed by atoms with Crippen molar-refractivity contribution in [2.24, 2.45) is 0 Å². The van der Waals surface area contributed by atoms with E-state index in [0.717, 1.165) is 60.7 Å². The molecule has 0 N–H and O–H groups in total. The van der Waals surface area contributed by atoms with E-state index in [4.69, 9.17) is 13.1 Å². The van der Waals surface area contributed by atoms with Crippen molar-refractivity contribution in [1.82, 2.24) is 9.13 Å². The molecule has 2 heterocycles. The number of hydrogen-bond donors (Lipinski definition) is 0. The lowest BCUT2D eigenvalue weighted by Crippen LogP contribution is -2.08. The Hall–Kier alpha value is -10.3. The van der Waals surface area contributed by atoms with Crippen LogP contribution in [0.2, 0.25) is 0 Å². The van der Waals surface area contributed by atoms with Gasteiger partial charge in [-0.05, 0) is 203 Å². The quantitative estimate of drug-likeness (QED) is 0.112. The average Bonchev–Trinajstić information content (AvgIpc) is 1.54. The maximum absolute atomic E-state index is 15.4. The molecule has 450 valence electrons. The lowest BCUT2D eigenvalue weighted by Gasteiger charge is -2.22. The van der Waals surface area contributed by atoms with Gasteiger partial charge in [0.1, 0.15) is 0 Å². The van der Waals surface area contributed by atoms with Crippen molar-refractivity contribution in [1.29, 1.82) is 0 Å². The van der Waals surface area contributed by atoms with Gasteiger partial charge in [0.05, 0.1) is 74.4 Å². The number of fused-ring (bicyclic) bond motifs is 6. The van der Waals surface area contributed by atoms with Gasteiger partial charge in [0.2, 0.25) is 0 Å². The van der Waals surface area contributed by atoms with Gasteiger partial charge in [0.25, 0.3) is 0 Å². The zero-order valence-corrected chi connectivity index (χ0v) is 47.2. The highest BCUT2D eigenvalue weighted by Crippen LogP contribution is 2.51. The third-order valence-electron chi connectivity index (χ3n) is 16.3. The van der Waals surface area contributed by atoms with E-state index in [-0.39, 0.29) is 55.7 Å². The SMILES string of the molecule is [C-]#[N+]c1cc(-n2c3ccc(-c4ccc(C(F)(F)F)cc4C)cc3c3cc(-c4ccc(C)cc4C(F)(F)F)ccc32)c(-n2c3ccc(-c4ccc(C(F)(F)F)cc4C)cc3c3cc(-c4ccc(C(F)(F)F)cc4C)ccc32)cc1-c1c([N+]#[C-])cccc1C(F)(F)F. The van der Waals surface area contributed by atoms with Crippen LogP contribution in [-0.4, -0.2) is 9.13 Å². The van der Waals surface area contributed by atoms with Crippen LogP contribution >= 0.6 is 0 Å². The molecule has 0 aliphatic carbocycles. The highest BCUT2D eigenvalue weighted by atomic mass is 19.4. The normalized spacial score (nSPS) is 12.6. The van der Waals surface area contributed by atoms with E-state index >= 15 is 13.2 Å². The lowest BCUT2D eigenvalue weighted by atomic mass is 9.94. The standard InChI is InChI=1S/C71H41F15N4/c1-36-10-18-50(57(26-36)71(84,85)86)43-14-25-63-54(33-43)53-32-42(49-21-17-46(29-39(49)4)69(78,79)80)13-24-62(53)90(63)65-35-59(88-6)55(66-56(70(81,82)83)8-7-9-58(66)87-5)34-64(65)89-60-22-11-40(47-19-15-44(27-37(47)2)67(72,73)74)30-51(60)52-31-41(12-23-61(52)89)48-20-16-45(28-38(48)3)68(75,76)77/h7-35H,1-4H3. The third kappa shape index (κ3) is 10.4. The minimum atomic E-state index is -5.10. The highest BCUT2D eigenvalue weighted by Gasteiger charge is 2.38. The smallest absolute Gasteiger partial charge is 0.308 e. The number of rotatable bonds is 7. The van der Waals surface area contributed by atoms with E-state index in [1.807, 2.05) is 0 Å². The van der Waals surface area contributed by atoms with Crippen LogP contribution in [0, 0.1) is 40.8 Å². The molecule has 0 bridgehead atoms. The molecule has 0 unspecified atom stereocenters. The number of alkyl halides is 15. The summed E-state index contributed by atoms with van der Waals surface area (Å²) in [6, 6.07) is 38.2. The van der Waals surface area contributed by atoms with E-state index in [0.29, 0.717) is 71.7 Å². The Balaban J connectivity index is 1.23. The van der Waals surface area contributed by atoms with E-state index in [9.17, 15) is 52.7 Å². The summed E-state index contributed by atoms with van der Waals surface area (Å²) < 4.78 is 221. The number of aromatic nitrogens is 2. The molecule has 12 aromatic rings. The molecule has 0 aliphatic heterocycles. The molecule has 12 rings (SSSR count). The fourth-order valence-corrected chi connectivity index (χ4v) is 12.2. The van der Waals surface area contributed by atoms with Gasteiger partial charge in [-0.3, -0.25) is 0 Å². The molecule has 0 saturated carbocycles. The predicted molar refractivity (Wildman–Crippen MR) is 319 cm³/mol. The van der Waals surface area contributed by atoms with Crippen LogP contribution < -0.4 is 0 Å². The molecule has 0 amide bonds. The first-order valence-electron chi connectivity index (χ1n) is 27.4. The highest BCUT2D eigenvalue weighted by molar-refractivity contribution is 6.15. The average molecular weight is 1240 g/mol. The van der Waals surface area contributed by atoms with Gasteiger partial charge >= 0.3 is 30.9 Å². The first-order valence-corrected chi connectivity index (χ1v) is 27.4. The number of benzene rings is 10. The van der Waals surface area contributed by atoms with E-state index < -0.39 is 75.6 Å². The second-order valence-electron chi connectivity index (χ2n) is 22.0. The van der Waals surface area contributed by atoms with Crippen LogP contribution in [-0.2, 0) is 30.9 Å². The van der Waals surface area contributed by atoms with E-state index in [1.54, 1.807) is 63.7 Å². The van der Waals surface area contributed by atoms with Crippen molar-refractivity contribution in [2.45, 2.75) is 58.6 Å². The Bertz CT molecular complexity index is 4950. The van der Waals surface area contributed by atoms with Gasteiger partial charge in [-0.25, -0.2) is 9.69 Å². The molecule has 0 saturated heterocycles. The summed E-state index contributed by atoms with van der Waals surface area (Å²) in [5, 5.41) is 1.38. The molecule has 19 heteroatoms. The van der Waals surface area contributed by atoms with Gasteiger partial charge in [-0.15, -0.1) is 0 Å². The molecule has 0 atom stereocenters. The summed E-state index contributed by atoms with van der Waals surface area (Å²) in [5.41, 5.74) is -2.34. The molecule has 2 aromatic heterocycles. The number of hydrogen-bond acceptors (Lipinski definition) is 0. The Labute approximate surface area is 502 Å². The molecule has 4 nitrogen and oxygen atoms in total. The summed E-state index contributed by atoms with van der Waals surface area (Å²) in [7, 11) is 0. The van der Waals surface area contributed by atoms with Crippen LogP contribution in [0.3, 0.4) is 0 Å². The molecule has 0 fully saturated rings. The molecule has 0 spiro atoms. The molecule has 0 aliphatic rings. The van der Waals surface area contributed by atoms with Crippen LogP contribution in [0.25, 0.3) is 120 Å². The first kappa shape index (κ1) is 60.0. The van der Waals surface area contributed by atoms with Crippen molar-refractivity contribution in [3.8, 4) is 67.0 Å². The molecule has 90 heavy (non-hydrogen) atoms. The zero-order chi connectivity index (χ0) is 64.5. The van der Waals surface area contributed by atoms with Crippen LogP contribution in [0.4, 0.5) is 77.2 Å². The zero-order valence-electron chi connectivity index (χ0n) is 47.2. The molecule has 0 radical (unpaired) electrons. The van der Waals surface area contributed by atoms with Crippen molar-refractivity contribution in [3.05, 3.63) is 249 Å². The van der Waals surface area contributed by atoms with E-state index in [2.05, 4.69) is 9.69 Å². The maximum atomic E-state index is 15.4. The summed E-state index contributed by atoms with van der Waals surface area (Å²) in [4.78, 5) is 7.25. The van der Waals surface area contributed by atoms with Gasteiger partial charge in [-0.1, -0.05) is 78.4 Å². The third-order valence-corrected chi connectivity index (χ3v) is 16.3. The molecular formula is C71H41F15N4. The van der Waals surface area contributed by atoms with Crippen LogP contribution in [0.1, 0.15) is 50.1 Å². The maximum Gasteiger partial charge on any atom is 0.417 e. The Morgan fingerprint density at radius 1 is 0.311 bits per heavy atom. The minimum absolute atomic E-state index is 0.0330. The van der Waals surface area contributed by atoms with Gasteiger partial charge in [-0.2, -0.15) is 65.9 Å². The Morgan fingerprint density at radius 3 is 1.01 bits per heavy atom. The van der Waals surface area contributed by atoms with Crippen LogP contribution in [0.15, 0.2) is 176 Å². The van der Waals surface area contributed by atoms with E-state index in [1.165, 1.54) is 88.4 Å². The molecule has 10 aromatic carbocycles. The minimum Gasteiger partial charge on any atom is -0.308 e. The topological polar surface area (TPSA) is 18.6 Å². The van der Waals surface area contributed by atoms with Crippen molar-refractivity contribution in [3.63, 3.8) is 0 Å². The van der Waals surface area contributed by atoms with Gasteiger partial charge in [0, 0.05) is 21.5 Å². The largest absolute Gasteiger partial charge is 0.417 e. The first-order chi connectivity index (χ1) is 42.3. The van der Waals surface area contributed by atoms with Crippen molar-refractivity contribution < 1.29 is 65.9 Å². The second kappa shape index (κ2) is 21.2. The summed E-state index contributed by atoms with van der Waals surface area (Å²) >= 11 is 0. The fraction of sp³-hybridized carbons (Fsp3) is 0.127. The summed E-state index contributed by atoms with van der Waals surface area (Å²) in [6.45, 7) is 22.7.